The smallest absolute Gasteiger partial charge is 0.219 e. The van der Waals surface area contributed by atoms with Gasteiger partial charge in [-0.3, -0.25) is 0 Å². The van der Waals surface area contributed by atoms with Crippen molar-refractivity contribution < 1.29 is 21.6 Å². The van der Waals surface area contributed by atoms with Crippen molar-refractivity contribution in [3.63, 3.8) is 0 Å². The van der Waals surface area contributed by atoms with Crippen LogP contribution in [-0.4, -0.2) is 19.2 Å². The number of sulfone groups is 1. The lowest BCUT2D eigenvalue weighted by molar-refractivity contribution is -0.0446. The second-order valence-electron chi connectivity index (χ2n) is 3.46. The number of hydrogen-bond donors (Lipinski definition) is 0. The van der Waals surface area contributed by atoms with E-state index in [2.05, 4.69) is 6.58 Å². The lowest BCUT2D eigenvalue weighted by atomic mass is 9.96. The van der Waals surface area contributed by atoms with Crippen LogP contribution in [-0.2, 0) is 9.84 Å². The predicted octanol–water partition coefficient (Wildman–Crippen LogP) is 2.42. The van der Waals surface area contributed by atoms with Crippen molar-refractivity contribution in [2.24, 2.45) is 0 Å². The fraction of sp³-hybridized carbons (Fsp3) is 0.750. The van der Waals surface area contributed by atoms with Crippen LogP contribution in [0.5, 0.6) is 0 Å². The minimum absolute atomic E-state index is 0.0537. The molecular formula is C8H11F3O2S. The Balaban J connectivity index is 2.88. The first-order valence-electron chi connectivity index (χ1n) is 4.22. The molecule has 0 aliphatic heterocycles. The maximum absolute atomic E-state index is 12.1. The third kappa shape index (κ3) is 2.10. The van der Waals surface area contributed by atoms with Crippen molar-refractivity contribution in [3.05, 3.63) is 12.2 Å². The van der Waals surface area contributed by atoms with E-state index in [9.17, 15) is 21.6 Å². The van der Waals surface area contributed by atoms with Crippen LogP contribution in [0.2, 0.25) is 0 Å². The van der Waals surface area contributed by atoms with Gasteiger partial charge in [-0.15, -0.1) is 0 Å². The summed E-state index contributed by atoms with van der Waals surface area (Å²) in [6.07, 6.45) is 1.13. The van der Waals surface area contributed by atoms with Crippen LogP contribution in [0.25, 0.3) is 0 Å². The maximum atomic E-state index is 12.1. The quantitative estimate of drug-likeness (QED) is 0.646. The zero-order valence-electron chi connectivity index (χ0n) is 7.47. The molecular weight excluding hydrogens is 217 g/mol. The van der Waals surface area contributed by atoms with Crippen LogP contribution in [0, 0.1) is 0 Å². The minimum atomic E-state index is -5.13. The Labute approximate surface area is 80.7 Å². The van der Waals surface area contributed by atoms with Crippen molar-refractivity contribution in [3.8, 4) is 0 Å². The van der Waals surface area contributed by atoms with Gasteiger partial charge in [0.2, 0.25) is 0 Å². The predicted molar refractivity (Wildman–Crippen MR) is 46.4 cm³/mol. The van der Waals surface area contributed by atoms with E-state index in [0.29, 0.717) is 18.4 Å². The Bertz CT molecular complexity index is 329. The maximum Gasteiger partial charge on any atom is 0.497 e. The SMILES string of the molecule is C=C1CCCC(S(=O)(=O)C(F)(F)F)C1. The molecule has 2 nitrogen and oxygen atoms in total. The molecule has 0 radical (unpaired) electrons. The average Bonchev–Trinajstić information content (AvgIpc) is 2.02. The van der Waals surface area contributed by atoms with Crippen LogP contribution < -0.4 is 0 Å². The van der Waals surface area contributed by atoms with Crippen LogP contribution >= 0.6 is 0 Å². The van der Waals surface area contributed by atoms with E-state index in [4.69, 9.17) is 0 Å². The van der Waals surface area contributed by atoms with Gasteiger partial charge in [0.25, 0.3) is 9.84 Å². The lowest BCUT2D eigenvalue weighted by Gasteiger charge is -2.24. The largest absolute Gasteiger partial charge is 0.497 e. The van der Waals surface area contributed by atoms with Gasteiger partial charge < -0.3 is 0 Å². The number of rotatable bonds is 1. The van der Waals surface area contributed by atoms with Gasteiger partial charge in [0.15, 0.2) is 0 Å². The summed E-state index contributed by atoms with van der Waals surface area (Å²) >= 11 is 0. The van der Waals surface area contributed by atoms with Gasteiger partial charge in [0.05, 0.1) is 5.25 Å². The van der Waals surface area contributed by atoms with E-state index in [0.717, 1.165) is 0 Å². The fourth-order valence-corrected chi connectivity index (χ4v) is 2.87. The standard InChI is InChI=1S/C8H11F3O2S/c1-6-3-2-4-7(5-6)14(12,13)8(9,10)11/h7H,1-5H2. The highest BCUT2D eigenvalue weighted by molar-refractivity contribution is 7.92. The van der Waals surface area contributed by atoms with Crippen molar-refractivity contribution in [2.75, 3.05) is 0 Å². The van der Waals surface area contributed by atoms with Gasteiger partial charge in [-0.05, 0) is 25.7 Å². The van der Waals surface area contributed by atoms with E-state index < -0.39 is 20.6 Å². The highest BCUT2D eigenvalue weighted by Gasteiger charge is 2.50. The Hall–Kier alpha value is -0.520. The van der Waals surface area contributed by atoms with Gasteiger partial charge in [0.1, 0.15) is 0 Å². The molecule has 1 saturated carbocycles. The van der Waals surface area contributed by atoms with E-state index >= 15 is 0 Å². The van der Waals surface area contributed by atoms with Gasteiger partial charge in [-0.1, -0.05) is 12.2 Å². The molecule has 6 heteroatoms. The molecule has 1 aliphatic carbocycles. The summed E-state index contributed by atoms with van der Waals surface area (Å²) in [6, 6.07) is 0. The molecule has 0 amide bonds. The zero-order chi connectivity index (χ0) is 11.0. The summed E-state index contributed by atoms with van der Waals surface area (Å²) in [6.45, 7) is 3.53. The highest BCUT2D eigenvalue weighted by atomic mass is 32.2. The number of halogens is 3. The topological polar surface area (TPSA) is 34.1 Å². The molecule has 82 valence electrons. The average molecular weight is 228 g/mol. The van der Waals surface area contributed by atoms with E-state index in [1.807, 2.05) is 0 Å². The first-order chi connectivity index (χ1) is 6.25. The van der Waals surface area contributed by atoms with Crippen molar-refractivity contribution >= 4 is 9.84 Å². The molecule has 1 atom stereocenters. The third-order valence-electron chi connectivity index (χ3n) is 2.33. The molecule has 0 spiro atoms. The molecule has 0 aromatic heterocycles. The normalized spacial score (nSPS) is 25.1. The van der Waals surface area contributed by atoms with Crippen molar-refractivity contribution in [1.82, 2.24) is 0 Å². The monoisotopic (exact) mass is 228 g/mol. The molecule has 1 aliphatic rings. The third-order valence-corrected chi connectivity index (χ3v) is 4.26. The minimum Gasteiger partial charge on any atom is -0.219 e. The molecule has 0 heterocycles. The molecule has 0 aromatic rings. The summed E-state index contributed by atoms with van der Waals surface area (Å²) in [4.78, 5) is 0. The fourth-order valence-electron chi connectivity index (χ4n) is 1.56. The summed E-state index contributed by atoms with van der Waals surface area (Å²) in [7, 11) is -4.99. The number of allylic oxidation sites excluding steroid dienone is 1. The number of hydrogen-bond acceptors (Lipinski definition) is 2. The Morgan fingerprint density at radius 1 is 1.36 bits per heavy atom. The van der Waals surface area contributed by atoms with Crippen molar-refractivity contribution in [2.45, 2.75) is 36.4 Å². The molecule has 0 bridgehead atoms. The Morgan fingerprint density at radius 2 is 1.93 bits per heavy atom. The second-order valence-corrected chi connectivity index (χ2v) is 5.68. The van der Waals surface area contributed by atoms with Gasteiger partial charge in [-0.25, -0.2) is 8.42 Å². The van der Waals surface area contributed by atoms with Crippen molar-refractivity contribution in [1.29, 1.82) is 0 Å². The molecule has 1 fully saturated rings. The molecule has 1 rings (SSSR count). The first kappa shape index (κ1) is 11.6. The van der Waals surface area contributed by atoms with Crippen LogP contribution in [0.3, 0.4) is 0 Å². The summed E-state index contributed by atoms with van der Waals surface area (Å²) in [5.74, 6) is 0. The van der Waals surface area contributed by atoms with Gasteiger partial charge >= 0.3 is 5.51 Å². The lowest BCUT2D eigenvalue weighted by Crippen LogP contribution is -2.35. The summed E-state index contributed by atoms with van der Waals surface area (Å²) < 4.78 is 58.4. The molecule has 0 saturated heterocycles. The van der Waals surface area contributed by atoms with Crippen LogP contribution in [0.4, 0.5) is 13.2 Å². The highest BCUT2D eigenvalue weighted by Crippen LogP contribution is 2.35. The van der Waals surface area contributed by atoms with E-state index in [-0.39, 0.29) is 12.8 Å². The van der Waals surface area contributed by atoms with Crippen LogP contribution in [0.1, 0.15) is 25.7 Å². The van der Waals surface area contributed by atoms with E-state index in [1.54, 1.807) is 0 Å². The molecule has 1 unspecified atom stereocenters. The number of alkyl halides is 3. The van der Waals surface area contributed by atoms with Gasteiger partial charge in [-0.2, -0.15) is 13.2 Å². The van der Waals surface area contributed by atoms with Crippen LogP contribution in [0.15, 0.2) is 12.2 Å². The molecule has 0 N–H and O–H groups in total. The second kappa shape index (κ2) is 3.56. The van der Waals surface area contributed by atoms with E-state index in [1.165, 1.54) is 0 Å². The Morgan fingerprint density at radius 3 is 2.36 bits per heavy atom. The molecule has 14 heavy (non-hydrogen) atoms. The summed E-state index contributed by atoms with van der Waals surface area (Å²) in [5, 5.41) is -1.32. The summed E-state index contributed by atoms with van der Waals surface area (Å²) in [5.41, 5.74) is -4.54. The Kier molecular flexibility index (Phi) is 2.94. The zero-order valence-corrected chi connectivity index (χ0v) is 8.29. The van der Waals surface area contributed by atoms with Gasteiger partial charge in [0, 0.05) is 0 Å². The molecule has 0 aromatic carbocycles. The first-order valence-corrected chi connectivity index (χ1v) is 5.76.